The molecule has 0 aliphatic heterocycles. The van der Waals surface area contributed by atoms with Crippen LogP contribution in [0.3, 0.4) is 0 Å². The first-order valence-electron chi connectivity index (χ1n) is 9.47. The van der Waals surface area contributed by atoms with Gasteiger partial charge in [0.1, 0.15) is 5.52 Å². The number of nitrogens with zero attached hydrogens (tertiary/aromatic N) is 5. The molecule has 0 saturated carbocycles. The van der Waals surface area contributed by atoms with Gasteiger partial charge in [0, 0.05) is 6.20 Å². The number of carboxylic acids is 1. The number of carbonyl (C=O) groups is 1. The molecule has 0 aliphatic rings. The number of carboxylic acid groups (broad SMARTS) is 1. The lowest BCUT2D eigenvalue weighted by Crippen LogP contribution is -2.14. The number of aromatic amines is 1. The molecule has 9 heteroatoms. The number of fused-ring (bicyclic) bond motifs is 1. The van der Waals surface area contributed by atoms with Gasteiger partial charge in [-0.3, -0.25) is 14.5 Å². The lowest BCUT2D eigenvalue weighted by molar-refractivity contribution is 0.0697. The normalized spacial score (nSPS) is 11.1. The molecule has 3 heterocycles. The molecule has 0 aliphatic carbocycles. The van der Waals surface area contributed by atoms with Gasteiger partial charge in [-0.1, -0.05) is 54.6 Å². The lowest BCUT2D eigenvalue weighted by Gasteiger charge is -2.05. The molecule has 5 rings (SSSR count). The molecular weight excluding hydrogens is 396 g/mol. The average Bonchev–Trinajstić information content (AvgIpc) is 3.42. The summed E-state index contributed by atoms with van der Waals surface area (Å²) in [7, 11) is 0. The molecule has 152 valence electrons. The van der Waals surface area contributed by atoms with E-state index in [1.165, 1.54) is 17.1 Å². The summed E-state index contributed by atoms with van der Waals surface area (Å²) >= 11 is 0. The standard InChI is InChI=1S/C22H16N6O3/c29-20-19-18(24-22(25-20)28-12-17(10-23-28)21(30)31)13-27(26-19)11-14-6-8-16(9-7-14)15-4-2-1-3-5-15/h1-10,12-13H,11H2,(H,30,31)(H,24,25,29). The van der Waals surface area contributed by atoms with Crippen molar-refractivity contribution in [2.75, 3.05) is 0 Å². The molecule has 0 unspecified atom stereocenters. The van der Waals surface area contributed by atoms with Crippen molar-refractivity contribution in [3.05, 3.63) is 94.7 Å². The lowest BCUT2D eigenvalue weighted by atomic mass is 10.0. The van der Waals surface area contributed by atoms with Crippen molar-refractivity contribution in [2.45, 2.75) is 6.54 Å². The average molecular weight is 412 g/mol. The van der Waals surface area contributed by atoms with E-state index in [2.05, 4.69) is 44.4 Å². The van der Waals surface area contributed by atoms with Gasteiger partial charge in [0.2, 0.25) is 5.95 Å². The van der Waals surface area contributed by atoms with Crippen LogP contribution in [0.15, 0.2) is 78.0 Å². The Morgan fingerprint density at radius 2 is 1.74 bits per heavy atom. The quantitative estimate of drug-likeness (QED) is 0.458. The van der Waals surface area contributed by atoms with Crippen LogP contribution in [0.4, 0.5) is 0 Å². The minimum Gasteiger partial charge on any atom is -0.478 e. The topological polar surface area (TPSA) is 119 Å². The summed E-state index contributed by atoms with van der Waals surface area (Å²) in [6.45, 7) is 0.477. The van der Waals surface area contributed by atoms with E-state index < -0.39 is 11.5 Å². The Labute approximate surface area is 175 Å². The maximum absolute atomic E-state index is 12.5. The molecule has 31 heavy (non-hydrogen) atoms. The number of aromatic nitrogens is 6. The molecule has 2 aromatic carbocycles. The van der Waals surface area contributed by atoms with E-state index in [9.17, 15) is 9.59 Å². The van der Waals surface area contributed by atoms with Crippen molar-refractivity contribution in [3.63, 3.8) is 0 Å². The van der Waals surface area contributed by atoms with E-state index in [0.29, 0.717) is 12.1 Å². The molecule has 0 bridgehead atoms. The van der Waals surface area contributed by atoms with Crippen molar-refractivity contribution in [1.29, 1.82) is 0 Å². The van der Waals surface area contributed by atoms with Crippen molar-refractivity contribution < 1.29 is 9.90 Å². The number of hydrogen-bond acceptors (Lipinski definition) is 5. The van der Waals surface area contributed by atoms with Gasteiger partial charge in [-0.15, -0.1) is 0 Å². The summed E-state index contributed by atoms with van der Waals surface area (Å²) in [5.41, 5.74) is 3.47. The fraction of sp³-hybridized carbons (Fsp3) is 0.0455. The highest BCUT2D eigenvalue weighted by Crippen LogP contribution is 2.19. The minimum atomic E-state index is -1.11. The zero-order valence-electron chi connectivity index (χ0n) is 16.1. The molecule has 0 atom stereocenters. The Balaban J connectivity index is 1.42. The van der Waals surface area contributed by atoms with Gasteiger partial charge in [-0.2, -0.15) is 10.2 Å². The summed E-state index contributed by atoms with van der Waals surface area (Å²) in [4.78, 5) is 30.4. The maximum atomic E-state index is 12.5. The highest BCUT2D eigenvalue weighted by molar-refractivity contribution is 5.87. The minimum absolute atomic E-state index is 0.00242. The van der Waals surface area contributed by atoms with E-state index >= 15 is 0 Å². The summed E-state index contributed by atoms with van der Waals surface area (Å²) in [6, 6.07) is 18.3. The van der Waals surface area contributed by atoms with Crippen LogP contribution in [0.2, 0.25) is 0 Å². The van der Waals surface area contributed by atoms with Gasteiger partial charge in [-0.05, 0) is 16.7 Å². The van der Waals surface area contributed by atoms with Gasteiger partial charge in [0.05, 0.1) is 24.5 Å². The number of rotatable bonds is 5. The van der Waals surface area contributed by atoms with Crippen LogP contribution in [0.25, 0.3) is 28.1 Å². The van der Waals surface area contributed by atoms with Gasteiger partial charge in [0.15, 0.2) is 5.52 Å². The Kier molecular flexibility index (Phi) is 4.40. The van der Waals surface area contributed by atoms with E-state index in [-0.39, 0.29) is 17.0 Å². The molecule has 3 aromatic heterocycles. The van der Waals surface area contributed by atoms with Crippen LogP contribution in [-0.4, -0.2) is 40.6 Å². The smallest absolute Gasteiger partial charge is 0.338 e. The molecule has 0 amide bonds. The van der Waals surface area contributed by atoms with Crippen LogP contribution in [0.1, 0.15) is 15.9 Å². The molecule has 0 radical (unpaired) electrons. The molecule has 0 fully saturated rings. The van der Waals surface area contributed by atoms with Crippen LogP contribution >= 0.6 is 0 Å². The second-order valence-electron chi connectivity index (χ2n) is 6.99. The number of aromatic carboxylic acids is 1. The first-order chi connectivity index (χ1) is 15.1. The monoisotopic (exact) mass is 412 g/mol. The summed E-state index contributed by atoms with van der Waals surface area (Å²) < 4.78 is 2.86. The molecule has 2 N–H and O–H groups in total. The molecule has 9 nitrogen and oxygen atoms in total. The molecule has 0 saturated heterocycles. The highest BCUT2D eigenvalue weighted by atomic mass is 16.4. The number of benzene rings is 2. The summed E-state index contributed by atoms with van der Waals surface area (Å²) in [5.74, 6) is -0.988. The zero-order valence-corrected chi connectivity index (χ0v) is 16.1. The van der Waals surface area contributed by atoms with Crippen LogP contribution in [-0.2, 0) is 6.54 Å². The predicted octanol–water partition coefficient (Wildman–Crippen LogP) is 2.72. The Morgan fingerprint density at radius 1 is 1.00 bits per heavy atom. The van der Waals surface area contributed by atoms with Crippen molar-refractivity contribution in [3.8, 4) is 17.1 Å². The SMILES string of the molecule is O=C(O)c1cnn(-c2nc3cn(Cc4ccc(-c5ccccc5)cc4)nc3c(=O)[nH]2)c1. The Morgan fingerprint density at radius 3 is 2.45 bits per heavy atom. The van der Waals surface area contributed by atoms with E-state index in [0.717, 1.165) is 16.7 Å². The van der Waals surface area contributed by atoms with Crippen molar-refractivity contribution in [1.82, 2.24) is 29.5 Å². The predicted molar refractivity (Wildman–Crippen MR) is 113 cm³/mol. The molecular formula is C22H16N6O3. The number of H-pyrrole nitrogens is 1. The first-order valence-corrected chi connectivity index (χ1v) is 9.47. The summed E-state index contributed by atoms with van der Waals surface area (Å²) in [6.07, 6.45) is 4.15. The third-order valence-electron chi connectivity index (χ3n) is 4.86. The van der Waals surface area contributed by atoms with Crippen LogP contribution < -0.4 is 5.56 Å². The van der Waals surface area contributed by atoms with Gasteiger partial charge >= 0.3 is 5.97 Å². The van der Waals surface area contributed by atoms with E-state index in [4.69, 9.17) is 5.11 Å². The van der Waals surface area contributed by atoms with Crippen LogP contribution in [0, 0.1) is 0 Å². The van der Waals surface area contributed by atoms with E-state index in [1.54, 1.807) is 10.9 Å². The van der Waals surface area contributed by atoms with E-state index in [1.807, 2.05) is 30.3 Å². The van der Waals surface area contributed by atoms with Gasteiger partial charge in [0.25, 0.3) is 5.56 Å². The molecule has 0 spiro atoms. The van der Waals surface area contributed by atoms with Crippen LogP contribution in [0.5, 0.6) is 0 Å². The Hall–Kier alpha value is -4.53. The zero-order chi connectivity index (χ0) is 21.4. The van der Waals surface area contributed by atoms with Crippen molar-refractivity contribution in [2.24, 2.45) is 0 Å². The van der Waals surface area contributed by atoms with Gasteiger partial charge < -0.3 is 5.11 Å². The second-order valence-corrected chi connectivity index (χ2v) is 6.99. The summed E-state index contributed by atoms with van der Waals surface area (Å²) in [5, 5.41) is 17.3. The first kappa shape index (κ1) is 18.5. The van der Waals surface area contributed by atoms with Crippen molar-refractivity contribution >= 4 is 17.0 Å². The number of nitrogens with one attached hydrogen (secondary N) is 1. The largest absolute Gasteiger partial charge is 0.478 e. The fourth-order valence-corrected chi connectivity index (χ4v) is 3.32. The Bertz CT molecular complexity index is 1450. The number of hydrogen-bond donors (Lipinski definition) is 2. The third-order valence-corrected chi connectivity index (χ3v) is 4.86. The molecule has 5 aromatic rings. The maximum Gasteiger partial charge on any atom is 0.338 e. The highest BCUT2D eigenvalue weighted by Gasteiger charge is 2.13. The second kappa shape index (κ2) is 7.38. The third kappa shape index (κ3) is 3.60. The van der Waals surface area contributed by atoms with Gasteiger partial charge in [-0.25, -0.2) is 14.5 Å². The fourth-order valence-electron chi connectivity index (χ4n) is 3.32.